The van der Waals surface area contributed by atoms with Gasteiger partial charge in [0.25, 0.3) is 0 Å². The van der Waals surface area contributed by atoms with Gasteiger partial charge in [-0.2, -0.15) is 0 Å². The van der Waals surface area contributed by atoms with Gasteiger partial charge in [0.1, 0.15) is 0 Å². The Balaban J connectivity index is 1.54. The summed E-state index contributed by atoms with van der Waals surface area (Å²) < 4.78 is 0. The van der Waals surface area contributed by atoms with Gasteiger partial charge in [-0.3, -0.25) is 9.80 Å². The lowest BCUT2D eigenvalue weighted by Crippen LogP contribution is -2.57. The van der Waals surface area contributed by atoms with Crippen LogP contribution in [0.25, 0.3) is 0 Å². The predicted octanol–water partition coefficient (Wildman–Crippen LogP) is 2.08. The fourth-order valence-corrected chi connectivity index (χ4v) is 4.36. The molecule has 2 saturated heterocycles. The van der Waals surface area contributed by atoms with E-state index in [9.17, 15) is 0 Å². The van der Waals surface area contributed by atoms with E-state index in [4.69, 9.17) is 0 Å². The van der Waals surface area contributed by atoms with Crippen LogP contribution in [0.2, 0.25) is 0 Å². The maximum atomic E-state index is 3.52. The van der Waals surface area contributed by atoms with Crippen LogP contribution < -0.4 is 5.32 Å². The molecular formula is C16H31N3. The molecule has 3 aliphatic rings. The highest BCUT2D eigenvalue weighted by Crippen LogP contribution is 2.34. The minimum Gasteiger partial charge on any atom is -0.317 e. The molecule has 0 spiro atoms. The molecule has 19 heavy (non-hydrogen) atoms. The molecule has 1 N–H and O–H groups in total. The largest absolute Gasteiger partial charge is 0.317 e. The van der Waals surface area contributed by atoms with E-state index in [0.717, 1.165) is 24.2 Å². The molecule has 1 saturated carbocycles. The quantitative estimate of drug-likeness (QED) is 0.793. The van der Waals surface area contributed by atoms with E-state index in [1.54, 1.807) is 0 Å². The van der Waals surface area contributed by atoms with E-state index in [-0.39, 0.29) is 0 Å². The van der Waals surface area contributed by atoms with Gasteiger partial charge in [0.2, 0.25) is 0 Å². The minimum absolute atomic E-state index is 0.775. The van der Waals surface area contributed by atoms with Crippen molar-refractivity contribution in [1.29, 1.82) is 0 Å². The summed E-state index contributed by atoms with van der Waals surface area (Å²) in [5.74, 6) is 0. The number of likely N-dealkylation sites (N-methyl/N-ethyl adjacent to an activating group) is 1. The third-order valence-electron chi connectivity index (χ3n) is 5.65. The van der Waals surface area contributed by atoms with Gasteiger partial charge in [0.05, 0.1) is 0 Å². The summed E-state index contributed by atoms with van der Waals surface area (Å²) in [4.78, 5) is 5.57. The van der Waals surface area contributed by atoms with Crippen LogP contribution in [0.3, 0.4) is 0 Å². The van der Waals surface area contributed by atoms with Crippen LogP contribution in [0.5, 0.6) is 0 Å². The highest BCUT2D eigenvalue weighted by Gasteiger charge is 2.38. The van der Waals surface area contributed by atoms with Crippen LogP contribution in [0, 0.1) is 0 Å². The Morgan fingerprint density at radius 2 is 1.79 bits per heavy atom. The number of rotatable bonds is 6. The van der Waals surface area contributed by atoms with Gasteiger partial charge in [-0.05, 0) is 52.1 Å². The normalized spacial score (nSPS) is 35.8. The first-order chi connectivity index (χ1) is 9.31. The number of nitrogens with one attached hydrogen (secondary N) is 1. The van der Waals surface area contributed by atoms with Crippen molar-refractivity contribution in [3.05, 3.63) is 0 Å². The molecular weight excluding hydrogens is 234 g/mol. The maximum Gasteiger partial charge on any atom is 0.0115 e. The number of hydrogen-bond donors (Lipinski definition) is 1. The lowest BCUT2D eigenvalue weighted by Gasteiger charge is -2.49. The summed E-state index contributed by atoms with van der Waals surface area (Å²) in [6.07, 6.45) is 9.98. The minimum atomic E-state index is 0.775. The van der Waals surface area contributed by atoms with Crippen LogP contribution in [0.15, 0.2) is 0 Å². The standard InChI is InChI=1S/C16H31N3/c1-3-18(14-7-8-14)9-10-19-15-5-4-6-16(19)12-13(11-15)17-2/h13-17H,3-12H2,1-2H3. The van der Waals surface area contributed by atoms with Crippen LogP contribution in [-0.4, -0.2) is 60.6 Å². The Kier molecular flexibility index (Phi) is 4.45. The lowest BCUT2D eigenvalue weighted by molar-refractivity contribution is 0.0182. The highest BCUT2D eigenvalue weighted by atomic mass is 15.3. The van der Waals surface area contributed by atoms with E-state index in [0.29, 0.717) is 0 Å². The smallest absolute Gasteiger partial charge is 0.0115 e. The third-order valence-corrected chi connectivity index (χ3v) is 5.65. The monoisotopic (exact) mass is 265 g/mol. The van der Waals surface area contributed by atoms with E-state index in [1.165, 1.54) is 64.6 Å². The van der Waals surface area contributed by atoms with Crippen molar-refractivity contribution < 1.29 is 0 Å². The summed E-state index contributed by atoms with van der Waals surface area (Å²) in [5.41, 5.74) is 0. The average molecular weight is 265 g/mol. The molecule has 3 heteroatoms. The second-order valence-corrected chi connectivity index (χ2v) is 6.79. The molecule has 2 heterocycles. The zero-order valence-electron chi connectivity index (χ0n) is 12.8. The lowest BCUT2D eigenvalue weighted by atomic mass is 9.82. The highest BCUT2D eigenvalue weighted by molar-refractivity contribution is 4.95. The van der Waals surface area contributed by atoms with Crippen molar-refractivity contribution in [3.63, 3.8) is 0 Å². The van der Waals surface area contributed by atoms with E-state index in [2.05, 4.69) is 29.1 Å². The molecule has 2 unspecified atom stereocenters. The fourth-order valence-electron chi connectivity index (χ4n) is 4.36. The number of piperidine rings is 2. The van der Waals surface area contributed by atoms with Crippen LogP contribution in [0.1, 0.15) is 51.9 Å². The number of fused-ring (bicyclic) bond motifs is 2. The summed E-state index contributed by atoms with van der Waals surface area (Å²) in [6, 6.07) is 3.43. The van der Waals surface area contributed by atoms with Gasteiger partial charge in [-0.1, -0.05) is 13.3 Å². The average Bonchev–Trinajstić information content (AvgIpc) is 3.23. The number of hydrogen-bond acceptors (Lipinski definition) is 3. The maximum absolute atomic E-state index is 3.52. The zero-order chi connectivity index (χ0) is 13.2. The van der Waals surface area contributed by atoms with E-state index < -0.39 is 0 Å². The van der Waals surface area contributed by atoms with Gasteiger partial charge in [0, 0.05) is 37.3 Å². The second kappa shape index (κ2) is 6.11. The van der Waals surface area contributed by atoms with Crippen LogP contribution in [0.4, 0.5) is 0 Å². The van der Waals surface area contributed by atoms with E-state index >= 15 is 0 Å². The van der Waals surface area contributed by atoms with Crippen molar-refractivity contribution in [3.8, 4) is 0 Å². The molecule has 0 amide bonds. The molecule has 0 aromatic rings. The second-order valence-electron chi connectivity index (χ2n) is 6.79. The molecule has 110 valence electrons. The van der Waals surface area contributed by atoms with E-state index in [1.807, 2.05) is 0 Å². The van der Waals surface area contributed by atoms with Crippen molar-refractivity contribution in [2.45, 2.75) is 76.0 Å². The number of nitrogens with zero attached hydrogens (tertiary/aromatic N) is 2. The molecule has 1 aliphatic carbocycles. The van der Waals surface area contributed by atoms with Gasteiger partial charge in [-0.25, -0.2) is 0 Å². The molecule has 3 rings (SSSR count). The summed E-state index contributed by atoms with van der Waals surface area (Å²) >= 11 is 0. The van der Waals surface area contributed by atoms with Crippen molar-refractivity contribution in [2.24, 2.45) is 0 Å². The van der Waals surface area contributed by atoms with Crippen LogP contribution in [-0.2, 0) is 0 Å². The summed E-state index contributed by atoms with van der Waals surface area (Å²) in [5, 5.41) is 3.52. The third kappa shape index (κ3) is 3.14. The molecule has 3 fully saturated rings. The van der Waals surface area contributed by atoms with Crippen molar-refractivity contribution in [2.75, 3.05) is 26.7 Å². The Morgan fingerprint density at radius 3 is 2.32 bits per heavy atom. The first-order valence-corrected chi connectivity index (χ1v) is 8.49. The molecule has 0 aromatic carbocycles. The first kappa shape index (κ1) is 13.8. The van der Waals surface area contributed by atoms with Crippen molar-refractivity contribution >= 4 is 0 Å². The Morgan fingerprint density at radius 1 is 1.11 bits per heavy atom. The van der Waals surface area contributed by atoms with Gasteiger partial charge in [0.15, 0.2) is 0 Å². The summed E-state index contributed by atoms with van der Waals surface area (Å²) in [7, 11) is 2.14. The molecule has 2 aliphatic heterocycles. The topological polar surface area (TPSA) is 18.5 Å². The van der Waals surface area contributed by atoms with Gasteiger partial charge >= 0.3 is 0 Å². The molecule has 0 aromatic heterocycles. The SMILES string of the molecule is CCN(CCN1C2CCCC1CC(NC)C2)C1CC1. The Hall–Kier alpha value is -0.120. The van der Waals surface area contributed by atoms with Gasteiger partial charge < -0.3 is 5.32 Å². The summed E-state index contributed by atoms with van der Waals surface area (Å²) in [6.45, 7) is 6.19. The molecule has 0 radical (unpaired) electrons. The van der Waals surface area contributed by atoms with Gasteiger partial charge in [-0.15, -0.1) is 0 Å². The molecule has 3 nitrogen and oxygen atoms in total. The first-order valence-electron chi connectivity index (χ1n) is 8.49. The van der Waals surface area contributed by atoms with Crippen molar-refractivity contribution in [1.82, 2.24) is 15.1 Å². The molecule has 2 bridgehead atoms. The fraction of sp³-hybridized carbons (Fsp3) is 1.00. The van der Waals surface area contributed by atoms with Crippen LogP contribution >= 0.6 is 0 Å². The predicted molar refractivity (Wildman–Crippen MR) is 80.5 cm³/mol. The Labute approximate surface area is 118 Å². The zero-order valence-corrected chi connectivity index (χ0v) is 12.8. The Bertz CT molecular complexity index is 276. The molecule has 2 atom stereocenters.